The standard InChI is InChI=1S/C15H23BrN2/c1-14(8-9-14)15(2,11-17)18(3)10-12-6-4-5-7-13(12)16/h4-7H,8-11,17H2,1-3H3. The molecule has 0 radical (unpaired) electrons. The fourth-order valence-electron chi connectivity index (χ4n) is 2.65. The summed E-state index contributed by atoms with van der Waals surface area (Å²) in [5, 5.41) is 0. The Balaban J connectivity index is 2.16. The third kappa shape index (κ3) is 2.36. The van der Waals surface area contributed by atoms with Crippen molar-refractivity contribution in [1.29, 1.82) is 0 Å². The van der Waals surface area contributed by atoms with Crippen molar-refractivity contribution in [2.75, 3.05) is 13.6 Å². The van der Waals surface area contributed by atoms with Crippen LogP contribution >= 0.6 is 15.9 Å². The van der Waals surface area contributed by atoms with Gasteiger partial charge in [-0.3, -0.25) is 4.90 Å². The molecule has 0 amide bonds. The SMILES string of the molecule is CN(Cc1ccccc1Br)C(C)(CN)C1(C)CC1. The second kappa shape index (κ2) is 4.95. The number of benzene rings is 1. The molecule has 3 heteroatoms. The summed E-state index contributed by atoms with van der Waals surface area (Å²) in [7, 11) is 2.19. The molecule has 2 rings (SSSR count). The molecular formula is C15H23BrN2. The van der Waals surface area contributed by atoms with E-state index in [0.717, 1.165) is 6.54 Å². The van der Waals surface area contributed by atoms with E-state index in [2.05, 4.69) is 66.0 Å². The molecule has 0 aliphatic heterocycles. The molecule has 1 aliphatic rings. The van der Waals surface area contributed by atoms with Gasteiger partial charge >= 0.3 is 0 Å². The third-order valence-electron chi connectivity index (χ3n) is 4.91. The summed E-state index contributed by atoms with van der Waals surface area (Å²) in [6, 6.07) is 8.42. The van der Waals surface area contributed by atoms with E-state index in [1.165, 1.54) is 22.9 Å². The van der Waals surface area contributed by atoms with E-state index < -0.39 is 0 Å². The summed E-state index contributed by atoms with van der Waals surface area (Å²) in [4.78, 5) is 2.42. The van der Waals surface area contributed by atoms with Crippen molar-refractivity contribution in [3.8, 4) is 0 Å². The van der Waals surface area contributed by atoms with E-state index in [-0.39, 0.29) is 5.54 Å². The lowest BCUT2D eigenvalue weighted by atomic mass is 9.82. The minimum atomic E-state index is 0.0856. The van der Waals surface area contributed by atoms with Gasteiger partial charge < -0.3 is 5.73 Å². The summed E-state index contributed by atoms with van der Waals surface area (Å²) < 4.78 is 1.18. The van der Waals surface area contributed by atoms with Crippen molar-refractivity contribution in [3.63, 3.8) is 0 Å². The third-order valence-corrected chi connectivity index (χ3v) is 5.68. The Morgan fingerprint density at radius 1 is 1.39 bits per heavy atom. The van der Waals surface area contributed by atoms with Crippen LogP contribution < -0.4 is 5.73 Å². The van der Waals surface area contributed by atoms with Crippen LogP contribution in [0.15, 0.2) is 28.7 Å². The minimum Gasteiger partial charge on any atom is -0.329 e. The van der Waals surface area contributed by atoms with Gasteiger partial charge in [0.1, 0.15) is 0 Å². The molecular weight excluding hydrogens is 288 g/mol. The molecule has 1 aliphatic carbocycles. The molecule has 1 saturated carbocycles. The van der Waals surface area contributed by atoms with E-state index >= 15 is 0 Å². The van der Waals surface area contributed by atoms with Crippen LogP contribution in [-0.2, 0) is 6.54 Å². The normalized spacial score (nSPS) is 20.8. The molecule has 1 fully saturated rings. The van der Waals surface area contributed by atoms with Gasteiger partial charge in [-0.15, -0.1) is 0 Å². The van der Waals surface area contributed by atoms with Crippen molar-refractivity contribution >= 4 is 15.9 Å². The summed E-state index contributed by atoms with van der Waals surface area (Å²) in [6.45, 7) is 6.31. The summed E-state index contributed by atoms with van der Waals surface area (Å²) in [5.74, 6) is 0. The summed E-state index contributed by atoms with van der Waals surface area (Å²) >= 11 is 3.62. The first-order valence-electron chi connectivity index (χ1n) is 6.58. The number of nitrogens with two attached hydrogens (primary N) is 1. The average molecular weight is 311 g/mol. The first-order valence-corrected chi connectivity index (χ1v) is 7.37. The number of nitrogens with zero attached hydrogens (tertiary/aromatic N) is 1. The number of hydrogen-bond acceptors (Lipinski definition) is 2. The van der Waals surface area contributed by atoms with Crippen molar-refractivity contribution < 1.29 is 0 Å². The topological polar surface area (TPSA) is 29.3 Å². The second-order valence-electron chi connectivity index (χ2n) is 5.99. The van der Waals surface area contributed by atoms with Gasteiger partial charge in [0, 0.05) is 23.1 Å². The quantitative estimate of drug-likeness (QED) is 0.903. The van der Waals surface area contributed by atoms with Crippen LogP contribution in [0.5, 0.6) is 0 Å². The van der Waals surface area contributed by atoms with Crippen molar-refractivity contribution in [2.45, 2.75) is 38.8 Å². The van der Waals surface area contributed by atoms with Gasteiger partial charge in [0.25, 0.3) is 0 Å². The minimum absolute atomic E-state index is 0.0856. The van der Waals surface area contributed by atoms with Crippen LogP contribution in [0.3, 0.4) is 0 Å². The maximum atomic E-state index is 6.07. The molecule has 1 aromatic carbocycles. The van der Waals surface area contributed by atoms with Gasteiger partial charge in [-0.2, -0.15) is 0 Å². The predicted molar refractivity (Wildman–Crippen MR) is 80.4 cm³/mol. The Morgan fingerprint density at radius 3 is 2.50 bits per heavy atom. The first-order chi connectivity index (χ1) is 8.43. The smallest absolute Gasteiger partial charge is 0.0357 e. The van der Waals surface area contributed by atoms with Crippen LogP contribution in [-0.4, -0.2) is 24.0 Å². The summed E-state index contributed by atoms with van der Waals surface area (Å²) in [5.41, 5.74) is 7.87. The maximum absolute atomic E-state index is 6.07. The van der Waals surface area contributed by atoms with Gasteiger partial charge in [-0.1, -0.05) is 41.1 Å². The van der Waals surface area contributed by atoms with Gasteiger partial charge in [0.2, 0.25) is 0 Å². The zero-order valence-corrected chi connectivity index (χ0v) is 13.1. The van der Waals surface area contributed by atoms with Gasteiger partial charge in [-0.05, 0) is 43.9 Å². The average Bonchev–Trinajstić information content (AvgIpc) is 3.10. The molecule has 1 atom stereocenters. The fraction of sp³-hybridized carbons (Fsp3) is 0.600. The van der Waals surface area contributed by atoms with Gasteiger partial charge in [0.05, 0.1) is 0 Å². The van der Waals surface area contributed by atoms with E-state index in [0.29, 0.717) is 12.0 Å². The Kier molecular flexibility index (Phi) is 3.86. The highest BCUT2D eigenvalue weighted by Crippen LogP contribution is 2.55. The van der Waals surface area contributed by atoms with E-state index in [9.17, 15) is 0 Å². The van der Waals surface area contributed by atoms with Crippen LogP contribution in [0.2, 0.25) is 0 Å². The fourth-order valence-corrected chi connectivity index (χ4v) is 3.06. The molecule has 0 bridgehead atoms. The molecule has 0 aromatic heterocycles. The maximum Gasteiger partial charge on any atom is 0.0357 e. The zero-order chi connectivity index (χ0) is 13.4. The molecule has 1 aromatic rings. The number of likely N-dealkylation sites (N-methyl/N-ethyl adjacent to an activating group) is 1. The molecule has 18 heavy (non-hydrogen) atoms. The van der Waals surface area contributed by atoms with Crippen LogP contribution in [0.1, 0.15) is 32.3 Å². The highest BCUT2D eigenvalue weighted by atomic mass is 79.9. The Hall–Kier alpha value is -0.380. The lowest BCUT2D eigenvalue weighted by Crippen LogP contribution is -2.55. The van der Waals surface area contributed by atoms with Crippen molar-refractivity contribution in [3.05, 3.63) is 34.3 Å². The summed E-state index contributed by atoms with van der Waals surface area (Å²) in [6.07, 6.45) is 2.59. The van der Waals surface area contributed by atoms with E-state index in [1.807, 2.05) is 0 Å². The van der Waals surface area contributed by atoms with E-state index in [1.54, 1.807) is 0 Å². The molecule has 0 heterocycles. The lowest BCUT2D eigenvalue weighted by molar-refractivity contribution is 0.0658. The molecule has 0 saturated heterocycles. The Morgan fingerprint density at radius 2 is 2.00 bits per heavy atom. The Labute approximate surface area is 119 Å². The van der Waals surface area contributed by atoms with Crippen LogP contribution in [0.4, 0.5) is 0 Å². The lowest BCUT2D eigenvalue weighted by Gasteiger charge is -2.43. The van der Waals surface area contributed by atoms with Crippen molar-refractivity contribution in [2.24, 2.45) is 11.1 Å². The predicted octanol–water partition coefficient (Wildman–Crippen LogP) is 3.40. The molecule has 1 unspecified atom stereocenters. The molecule has 0 spiro atoms. The zero-order valence-electron chi connectivity index (χ0n) is 11.5. The highest BCUT2D eigenvalue weighted by molar-refractivity contribution is 9.10. The van der Waals surface area contributed by atoms with Crippen LogP contribution in [0, 0.1) is 5.41 Å². The number of halogens is 1. The molecule has 2 nitrogen and oxygen atoms in total. The van der Waals surface area contributed by atoms with Gasteiger partial charge in [0.15, 0.2) is 0 Å². The van der Waals surface area contributed by atoms with Crippen LogP contribution in [0.25, 0.3) is 0 Å². The first kappa shape index (κ1) is 14.0. The van der Waals surface area contributed by atoms with E-state index in [4.69, 9.17) is 5.73 Å². The monoisotopic (exact) mass is 310 g/mol. The number of rotatable bonds is 5. The second-order valence-corrected chi connectivity index (χ2v) is 6.84. The number of hydrogen-bond donors (Lipinski definition) is 1. The van der Waals surface area contributed by atoms with Crippen molar-refractivity contribution in [1.82, 2.24) is 4.90 Å². The molecule has 2 N–H and O–H groups in total. The largest absolute Gasteiger partial charge is 0.329 e. The Bertz CT molecular complexity index is 428. The van der Waals surface area contributed by atoms with Gasteiger partial charge in [-0.25, -0.2) is 0 Å². The highest BCUT2D eigenvalue weighted by Gasteiger charge is 2.54. The molecule has 100 valence electrons.